The van der Waals surface area contributed by atoms with Gasteiger partial charge in [0, 0.05) is 23.5 Å². The molecule has 1 aliphatic heterocycles. The molecule has 2 aromatic heterocycles. The van der Waals surface area contributed by atoms with Crippen LogP contribution in [-0.4, -0.2) is 43.8 Å². The Hall–Kier alpha value is -2.18. The third-order valence-electron chi connectivity index (χ3n) is 4.82. The Bertz CT molecular complexity index is 978. The highest BCUT2D eigenvalue weighted by atomic mass is 35.5. The molecule has 0 radical (unpaired) electrons. The van der Waals surface area contributed by atoms with E-state index in [9.17, 15) is 5.11 Å². The Kier molecular flexibility index (Phi) is 4.56. The summed E-state index contributed by atoms with van der Waals surface area (Å²) in [6, 6.07) is 7.81. The average molecular weight is 386 g/mol. The van der Waals surface area contributed by atoms with Crippen molar-refractivity contribution in [3.8, 4) is 0 Å². The number of rotatable bonds is 3. The molecule has 1 aliphatic rings. The molecule has 3 heterocycles. The zero-order valence-corrected chi connectivity index (χ0v) is 16.6. The van der Waals surface area contributed by atoms with Crippen LogP contribution in [-0.2, 0) is 12.0 Å². The van der Waals surface area contributed by atoms with Gasteiger partial charge >= 0.3 is 0 Å². The van der Waals surface area contributed by atoms with Crippen LogP contribution in [0.3, 0.4) is 0 Å². The fourth-order valence-electron chi connectivity index (χ4n) is 3.37. The molecule has 1 N–H and O–H groups in total. The number of hydrogen-bond acceptors (Lipinski definition) is 5. The van der Waals surface area contributed by atoms with Crippen molar-refractivity contribution in [2.75, 3.05) is 18.0 Å². The number of nitrogens with zero attached hydrogens (tertiary/aromatic N) is 5. The van der Waals surface area contributed by atoms with Gasteiger partial charge in [0.25, 0.3) is 0 Å². The second kappa shape index (κ2) is 6.77. The summed E-state index contributed by atoms with van der Waals surface area (Å²) < 4.78 is 2.04. The summed E-state index contributed by atoms with van der Waals surface area (Å²) in [4.78, 5) is 16.4. The summed E-state index contributed by atoms with van der Waals surface area (Å²) in [5, 5.41) is 10.7. The molecule has 27 heavy (non-hydrogen) atoms. The van der Waals surface area contributed by atoms with Gasteiger partial charge in [0.1, 0.15) is 5.82 Å². The summed E-state index contributed by atoms with van der Waals surface area (Å²) >= 11 is 6.13. The fourth-order valence-corrected chi connectivity index (χ4v) is 3.58. The van der Waals surface area contributed by atoms with Gasteiger partial charge in [0.15, 0.2) is 17.0 Å². The van der Waals surface area contributed by atoms with Crippen molar-refractivity contribution in [3.63, 3.8) is 0 Å². The van der Waals surface area contributed by atoms with Crippen LogP contribution in [0, 0.1) is 0 Å². The molecule has 1 atom stereocenters. The van der Waals surface area contributed by atoms with Crippen LogP contribution in [0.1, 0.15) is 38.6 Å². The molecule has 4 rings (SSSR count). The highest BCUT2D eigenvalue weighted by molar-refractivity contribution is 6.30. The molecule has 1 saturated heterocycles. The van der Waals surface area contributed by atoms with E-state index in [-0.39, 0.29) is 11.5 Å². The second-order valence-electron chi connectivity index (χ2n) is 8.18. The molecule has 7 heteroatoms. The van der Waals surface area contributed by atoms with Crippen molar-refractivity contribution in [3.05, 3.63) is 47.0 Å². The maximum absolute atomic E-state index is 9.97. The molecule has 1 fully saturated rings. The highest BCUT2D eigenvalue weighted by Gasteiger charge is 2.28. The Balaban J connectivity index is 1.82. The highest BCUT2D eigenvalue weighted by Crippen LogP contribution is 2.30. The zero-order valence-electron chi connectivity index (χ0n) is 15.9. The lowest BCUT2D eigenvalue weighted by Crippen LogP contribution is -2.25. The number of aliphatic hydroxyl groups is 1. The summed E-state index contributed by atoms with van der Waals surface area (Å²) in [5.74, 6) is 1.59. The van der Waals surface area contributed by atoms with Crippen LogP contribution in [0.25, 0.3) is 11.2 Å². The lowest BCUT2D eigenvalue weighted by Gasteiger charge is -2.22. The third kappa shape index (κ3) is 3.64. The van der Waals surface area contributed by atoms with Crippen LogP contribution in [0.5, 0.6) is 0 Å². The van der Waals surface area contributed by atoms with Crippen molar-refractivity contribution < 1.29 is 5.11 Å². The minimum absolute atomic E-state index is 0.188. The molecule has 142 valence electrons. The molecule has 0 amide bonds. The first kappa shape index (κ1) is 18.2. The van der Waals surface area contributed by atoms with E-state index in [0.717, 1.165) is 41.3 Å². The molecule has 3 aromatic rings. The predicted molar refractivity (Wildman–Crippen MR) is 107 cm³/mol. The summed E-state index contributed by atoms with van der Waals surface area (Å²) in [7, 11) is 0. The predicted octanol–water partition coefficient (Wildman–Crippen LogP) is 3.40. The molecule has 0 unspecified atom stereocenters. The van der Waals surface area contributed by atoms with E-state index in [1.807, 2.05) is 35.2 Å². The summed E-state index contributed by atoms with van der Waals surface area (Å²) in [6.45, 7) is 8.31. The third-order valence-corrected chi connectivity index (χ3v) is 5.06. The molecule has 1 aromatic carbocycles. The van der Waals surface area contributed by atoms with Crippen molar-refractivity contribution >= 4 is 28.6 Å². The standard InChI is InChI=1S/C20H24ClN5O/c1-20(2,3)19-23-17(25-8-7-15(27)11-25)16-18(24-19)26(12-22-16)10-13-5-4-6-14(21)9-13/h4-6,9,12,15,27H,7-8,10-11H2,1-3H3/t15-/m0/s1. The summed E-state index contributed by atoms with van der Waals surface area (Å²) in [5.41, 5.74) is 2.49. The van der Waals surface area contributed by atoms with Gasteiger partial charge in [-0.05, 0) is 24.1 Å². The van der Waals surface area contributed by atoms with Crippen molar-refractivity contribution in [1.82, 2.24) is 19.5 Å². The number of fused-ring (bicyclic) bond motifs is 1. The van der Waals surface area contributed by atoms with E-state index in [4.69, 9.17) is 21.6 Å². The van der Waals surface area contributed by atoms with Crippen molar-refractivity contribution in [2.45, 2.75) is 45.3 Å². The quantitative estimate of drug-likeness (QED) is 0.748. The van der Waals surface area contributed by atoms with Crippen LogP contribution in [0.2, 0.25) is 5.02 Å². The van der Waals surface area contributed by atoms with Gasteiger partial charge in [-0.15, -0.1) is 0 Å². The Labute approximate surface area is 163 Å². The van der Waals surface area contributed by atoms with E-state index in [2.05, 4.69) is 30.7 Å². The second-order valence-corrected chi connectivity index (χ2v) is 8.62. The largest absolute Gasteiger partial charge is 0.391 e. The Morgan fingerprint density at radius 1 is 1.26 bits per heavy atom. The minimum atomic E-state index is -0.318. The number of hydrogen-bond donors (Lipinski definition) is 1. The van der Waals surface area contributed by atoms with E-state index >= 15 is 0 Å². The molecule has 6 nitrogen and oxygen atoms in total. The number of benzene rings is 1. The average Bonchev–Trinajstić information content (AvgIpc) is 3.20. The monoisotopic (exact) mass is 385 g/mol. The van der Waals surface area contributed by atoms with Gasteiger partial charge in [-0.2, -0.15) is 0 Å². The zero-order chi connectivity index (χ0) is 19.2. The van der Waals surface area contributed by atoms with Gasteiger partial charge in [0.2, 0.25) is 0 Å². The Morgan fingerprint density at radius 3 is 2.74 bits per heavy atom. The Morgan fingerprint density at radius 2 is 2.07 bits per heavy atom. The number of aliphatic hydroxyl groups excluding tert-OH is 1. The summed E-state index contributed by atoms with van der Waals surface area (Å²) in [6.07, 6.45) is 2.24. The van der Waals surface area contributed by atoms with Gasteiger partial charge in [0.05, 0.1) is 19.0 Å². The maximum Gasteiger partial charge on any atom is 0.166 e. The lowest BCUT2D eigenvalue weighted by molar-refractivity contribution is 0.198. The number of halogens is 1. The normalized spacial score (nSPS) is 17.8. The topological polar surface area (TPSA) is 67.1 Å². The maximum atomic E-state index is 9.97. The molecule has 0 saturated carbocycles. The van der Waals surface area contributed by atoms with E-state index in [0.29, 0.717) is 18.1 Å². The van der Waals surface area contributed by atoms with Crippen LogP contribution >= 0.6 is 11.6 Å². The SMILES string of the molecule is CC(C)(C)c1nc(N2CC[C@H](O)C2)c2ncn(Cc3cccc(Cl)c3)c2n1. The van der Waals surface area contributed by atoms with Gasteiger partial charge in [-0.1, -0.05) is 44.5 Å². The first-order valence-corrected chi connectivity index (χ1v) is 9.60. The fraction of sp³-hybridized carbons (Fsp3) is 0.450. The van der Waals surface area contributed by atoms with E-state index in [1.54, 1.807) is 0 Å². The number of β-amino-alcohol motifs (C(OH)–C–C–N with tert-alkyl or cyclic N) is 1. The number of aromatic nitrogens is 4. The number of imidazole rings is 1. The molecule has 0 spiro atoms. The van der Waals surface area contributed by atoms with Crippen LogP contribution in [0.15, 0.2) is 30.6 Å². The minimum Gasteiger partial charge on any atom is -0.391 e. The molecular weight excluding hydrogens is 362 g/mol. The molecule has 0 bridgehead atoms. The van der Waals surface area contributed by atoms with Gasteiger partial charge < -0.3 is 14.6 Å². The van der Waals surface area contributed by atoms with Crippen LogP contribution < -0.4 is 4.90 Å². The van der Waals surface area contributed by atoms with Crippen molar-refractivity contribution in [2.24, 2.45) is 0 Å². The first-order chi connectivity index (χ1) is 12.8. The number of anilines is 1. The molecular formula is C20H24ClN5O. The van der Waals surface area contributed by atoms with E-state index in [1.165, 1.54) is 0 Å². The molecule has 0 aliphatic carbocycles. The van der Waals surface area contributed by atoms with E-state index < -0.39 is 0 Å². The van der Waals surface area contributed by atoms with Crippen molar-refractivity contribution in [1.29, 1.82) is 0 Å². The lowest BCUT2D eigenvalue weighted by atomic mass is 9.96. The van der Waals surface area contributed by atoms with Gasteiger partial charge in [-0.25, -0.2) is 15.0 Å². The van der Waals surface area contributed by atoms with Gasteiger partial charge in [-0.3, -0.25) is 0 Å². The first-order valence-electron chi connectivity index (χ1n) is 9.22. The smallest absolute Gasteiger partial charge is 0.166 e. The van der Waals surface area contributed by atoms with Crippen LogP contribution in [0.4, 0.5) is 5.82 Å².